The van der Waals surface area contributed by atoms with Crippen molar-refractivity contribution < 1.29 is 9.42 Å². The summed E-state index contributed by atoms with van der Waals surface area (Å²) >= 11 is 6.38. The standard InChI is InChI=1S/C16H28NO2PS2/c1-15(2,3)12-8-11(10-17)14(19-20(18,21)22-7)13(9-12)16(4,5)6/h8-9H,10,17H2,1-7H3,(H,18,21). The van der Waals surface area contributed by atoms with Crippen molar-refractivity contribution in [3.05, 3.63) is 28.8 Å². The lowest BCUT2D eigenvalue weighted by Gasteiger charge is -2.30. The molecule has 0 aliphatic rings. The lowest BCUT2D eigenvalue weighted by atomic mass is 9.79. The maximum atomic E-state index is 10.2. The van der Waals surface area contributed by atoms with E-state index in [0.29, 0.717) is 12.3 Å². The molecule has 1 rings (SSSR count). The number of nitrogens with two attached hydrogens (primary N) is 1. The van der Waals surface area contributed by atoms with Gasteiger partial charge in [-0.25, -0.2) is 0 Å². The Morgan fingerprint density at radius 2 is 1.73 bits per heavy atom. The fourth-order valence-corrected chi connectivity index (χ4v) is 3.28. The van der Waals surface area contributed by atoms with E-state index in [2.05, 4.69) is 53.7 Å². The molecule has 0 fully saturated rings. The van der Waals surface area contributed by atoms with E-state index in [1.54, 1.807) is 6.26 Å². The SMILES string of the molecule is CSP(O)(=S)Oc1c(CN)cc(C(C)(C)C)cc1C(C)(C)C. The number of hydrogen-bond donors (Lipinski definition) is 2. The summed E-state index contributed by atoms with van der Waals surface area (Å²) in [7, 11) is 0. The Bertz CT molecular complexity index is 589. The largest absolute Gasteiger partial charge is 0.436 e. The molecule has 0 bridgehead atoms. The molecule has 1 atom stereocenters. The van der Waals surface area contributed by atoms with Crippen LogP contribution in [0.4, 0.5) is 0 Å². The lowest BCUT2D eigenvalue weighted by molar-refractivity contribution is 0.476. The van der Waals surface area contributed by atoms with Crippen molar-refractivity contribution in [3.8, 4) is 5.75 Å². The van der Waals surface area contributed by atoms with Crippen LogP contribution >= 0.6 is 17.1 Å². The van der Waals surface area contributed by atoms with Crippen molar-refractivity contribution >= 4 is 28.9 Å². The average molecular weight is 362 g/mol. The van der Waals surface area contributed by atoms with Gasteiger partial charge in [0.1, 0.15) is 5.75 Å². The molecule has 6 heteroatoms. The third-order valence-electron chi connectivity index (χ3n) is 3.50. The highest BCUT2D eigenvalue weighted by Gasteiger charge is 2.28. The van der Waals surface area contributed by atoms with Crippen LogP contribution in [0.3, 0.4) is 0 Å². The molecule has 0 aromatic heterocycles. The van der Waals surface area contributed by atoms with E-state index in [-0.39, 0.29) is 10.8 Å². The Morgan fingerprint density at radius 3 is 2.09 bits per heavy atom. The Labute approximate surface area is 143 Å². The minimum Gasteiger partial charge on any atom is -0.436 e. The summed E-state index contributed by atoms with van der Waals surface area (Å²) in [6.07, 6.45) is 1.77. The smallest absolute Gasteiger partial charge is 0.294 e. The highest BCUT2D eigenvalue weighted by molar-refractivity contribution is 8.67. The van der Waals surface area contributed by atoms with Gasteiger partial charge >= 0.3 is 0 Å². The van der Waals surface area contributed by atoms with Crippen LogP contribution in [0, 0.1) is 0 Å². The van der Waals surface area contributed by atoms with E-state index in [1.165, 1.54) is 16.9 Å². The first-order valence-corrected chi connectivity index (χ1v) is 11.8. The zero-order valence-electron chi connectivity index (χ0n) is 14.6. The highest BCUT2D eigenvalue weighted by Crippen LogP contribution is 2.56. The predicted octanol–water partition coefficient (Wildman–Crippen LogP) is 4.70. The monoisotopic (exact) mass is 361 g/mol. The second-order valence-electron chi connectivity index (χ2n) is 7.46. The van der Waals surface area contributed by atoms with Gasteiger partial charge in [-0.2, -0.15) is 0 Å². The molecule has 22 heavy (non-hydrogen) atoms. The summed E-state index contributed by atoms with van der Waals surface area (Å²) < 4.78 is 5.86. The van der Waals surface area contributed by atoms with Crippen molar-refractivity contribution in [2.45, 2.75) is 58.9 Å². The minimum atomic E-state index is -2.89. The third-order valence-corrected chi connectivity index (χ3v) is 7.55. The van der Waals surface area contributed by atoms with Crippen LogP contribution in [0.25, 0.3) is 0 Å². The number of rotatable bonds is 4. The quantitative estimate of drug-likeness (QED) is 0.762. The second-order valence-corrected chi connectivity index (χ2v) is 13.7. The summed E-state index contributed by atoms with van der Waals surface area (Å²) in [6, 6.07) is 4.23. The van der Waals surface area contributed by atoms with E-state index in [1.807, 2.05) is 0 Å². The van der Waals surface area contributed by atoms with Crippen molar-refractivity contribution in [2.24, 2.45) is 5.73 Å². The zero-order chi connectivity index (χ0) is 17.3. The first-order valence-electron chi connectivity index (χ1n) is 7.28. The fourth-order valence-electron chi connectivity index (χ4n) is 2.09. The molecular weight excluding hydrogens is 333 g/mol. The molecule has 0 radical (unpaired) electrons. The maximum absolute atomic E-state index is 10.2. The Kier molecular flexibility index (Phi) is 6.20. The van der Waals surface area contributed by atoms with Crippen LogP contribution in [0.15, 0.2) is 12.1 Å². The molecule has 0 saturated heterocycles. The van der Waals surface area contributed by atoms with Crippen molar-refractivity contribution in [1.82, 2.24) is 0 Å². The Morgan fingerprint density at radius 1 is 1.18 bits per heavy atom. The summed E-state index contributed by atoms with van der Waals surface area (Å²) in [5.74, 6) is 0.656. The van der Waals surface area contributed by atoms with Crippen molar-refractivity contribution in [2.75, 3.05) is 6.26 Å². The van der Waals surface area contributed by atoms with E-state index >= 15 is 0 Å². The first kappa shape index (κ1) is 20.0. The van der Waals surface area contributed by atoms with Gasteiger partial charge in [0, 0.05) is 17.7 Å². The van der Waals surface area contributed by atoms with Gasteiger partial charge in [-0.1, -0.05) is 65.1 Å². The van der Waals surface area contributed by atoms with Gasteiger partial charge in [-0.15, -0.1) is 0 Å². The number of benzene rings is 1. The van der Waals surface area contributed by atoms with Crippen LogP contribution in [-0.4, -0.2) is 11.1 Å². The zero-order valence-corrected chi connectivity index (χ0v) is 17.1. The van der Waals surface area contributed by atoms with Gasteiger partial charge in [-0.05, 0) is 34.5 Å². The minimum absolute atomic E-state index is 0.0152. The molecule has 0 amide bonds. The Balaban J connectivity index is 3.63. The normalized spacial score (nSPS) is 15.5. The molecule has 1 unspecified atom stereocenters. The van der Waals surface area contributed by atoms with Gasteiger partial charge in [0.05, 0.1) is 0 Å². The van der Waals surface area contributed by atoms with Crippen molar-refractivity contribution in [3.63, 3.8) is 0 Å². The van der Waals surface area contributed by atoms with E-state index in [4.69, 9.17) is 22.1 Å². The first-order chi connectivity index (χ1) is 9.81. The van der Waals surface area contributed by atoms with Gasteiger partial charge in [0.25, 0.3) is 5.69 Å². The molecule has 1 aromatic rings. The number of hydrogen-bond acceptors (Lipinski definition) is 4. The topological polar surface area (TPSA) is 55.5 Å². The van der Waals surface area contributed by atoms with Crippen LogP contribution in [0.2, 0.25) is 0 Å². The maximum Gasteiger partial charge on any atom is 0.294 e. The summed E-state index contributed by atoms with van der Waals surface area (Å²) in [4.78, 5) is 10.2. The van der Waals surface area contributed by atoms with E-state index in [0.717, 1.165) is 11.1 Å². The highest BCUT2D eigenvalue weighted by atomic mass is 32.9. The Hall–Kier alpha value is -0.0600. The van der Waals surface area contributed by atoms with Gasteiger partial charge < -0.3 is 15.2 Å². The van der Waals surface area contributed by atoms with Crippen LogP contribution in [0.5, 0.6) is 5.75 Å². The molecular formula is C16H28NO2PS2. The van der Waals surface area contributed by atoms with Crippen molar-refractivity contribution in [1.29, 1.82) is 0 Å². The summed E-state index contributed by atoms with van der Waals surface area (Å²) in [5.41, 5.74) is 6.08. The van der Waals surface area contributed by atoms with Gasteiger partial charge in [-0.3, -0.25) is 0 Å². The molecule has 0 heterocycles. The predicted molar refractivity (Wildman–Crippen MR) is 102 cm³/mol. The molecule has 0 aliphatic carbocycles. The van der Waals surface area contributed by atoms with E-state index in [9.17, 15) is 4.89 Å². The second kappa shape index (κ2) is 6.82. The average Bonchev–Trinajstić information content (AvgIpc) is 2.35. The molecule has 126 valence electrons. The third kappa shape index (κ3) is 4.97. The molecule has 3 N–H and O–H groups in total. The lowest BCUT2D eigenvalue weighted by Crippen LogP contribution is -2.19. The summed E-state index contributed by atoms with van der Waals surface area (Å²) in [6.45, 7) is 13.3. The molecule has 0 saturated carbocycles. The van der Waals surface area contributed by atoms with Gasteiger partial charge in [0.2, 0.25) is 0 Å². The molecule has 3 nitrogen and oxygen atoms in total. The van der Waals surface area contributed by atoms with Crippen LogP contribution < -0.4 is 10.3 Å². The fraction of sp³-hybridized carbons (Fsp3) is 0.625. The van der Waals surface area contributed by atoms with E-state index < -0.39 is 5.69 Å². The van der Waals surface area contributed by atoms with Crippen LogP contribution in [0.1, 0.15) is 58.2 Å². The summed E-state index contributed by atoms with van der Waals surface area (Å²) in [5, 5.41) is 0. The van der Waals surface area contributed by atoms with Crippen LogP contribution in [-0.2, 0) is 29.2 Å². The molecule has 0 spiro atoms. The van der Waals surface area contributed by atoms with Gasteiger partial charge in [0.15, 0.2) is 0 Å². The molecule has 0 aliphatic heterocycles. The molecule has 1 aromatic carbocycles.